The Hall–Kier alpha value is -3.38. The van der Waals surface area contributed by atoms with E-state index in [0.717, 1.165) is 12.8 Å². The lowest BCUT2D eigenvalue weighted by Crippen LogP contribution is -1.98. The number of aryl methyl sites for hydroxylation is 1. The van der Waals surface area contributed by atoms with Crippen molar-refractivity contribution < 1.29 is 0 Å². The molecule has 0 amide bonds. The van der Waals surface area contributed by atoms with Crippen LogP contribution in [0, 0.1) is 0 Å². The molecule has 0 nitrogen and oxygen atoms in total. The van der Waals surface area contributed by atoms with Crippen LogP contribution >= 0.6 is 0 Å². The van der Waals surface area contributed by atoms with Crippen LogP contribution in [0.4, 0.5) is 0 Å². The van der Waals surface area contributed by atoms with Gasteiger partial charge in [0, 0.05) is 0 Å². The monoisotopic (exact) mass is 354 g/mol. The first-order valence-corrected chi connectivity index (χ1v) is 10.1. The van der Waals surface area contributed by atoms with Crippen LogP contribution in [-0.2, 0) is 6.42 Å². The SMILES string of the molecule is C1=Cc2c(cc3c4ccccc4cc4c5cccc6cccc(c2c34)c65)CC1. The Labute approximate surface area is 163 Å². The Morgan fingerprint density at radius 3 is 2.21 bits per heavy atom. The van der Waals surface area contributed by atoms with Gasteiger partial charge in [-0.1, -0.05) is 72.8 Å². The minimum atomic E-state index is 1.13. The summed E-state index contributed by atoms with van der Waals surface area (Å²) in [5, 5.41) is 13.9. The van der Waals surface area contributed by atoms with Crippen molar-refractivity contribution in [2.24, 2.45) is 0 Å². The average molecular weight is 354 g/mol. The van der Waals surface area contributed by atoms with Gasteiger partial charge in [-0.15, -0.1) is 0 Å². The van der Waals surface area contributed by atoms with E-state index in [1.807, 2.05) is 0 Å². The minimum Gasteiger partial charge on any atom is -0.0836 e. The molecule has 6 aromatic rings. The van der Waals surface area contributed by atoms with Gasteiger partial charge in [0.2, 0.25) is 0 Å². The molecule has 0 saturated carbocycles. The zero-order valence-electron chi connectivity index (χ0n) is 15.5. The maximum absolute atomic E-state index is 2.47. The van der Waals surface area contributed by atoms with E-state index in [1.54, 1.807) is 0 Å². The highest BCUT2D eigenvalue weighted by Gasteiger charge is 2.19. The van der Waals surface area contributed by atoms with Crippen molar-refractivity contribution >= 4 is 59.9 Å². The van der Waals surface area contributed by atoms with Crippen LogP contribution in [0.2, 0.25) is 0 Å². The second kappa shape index (κ2) is 5.11. The summed E-state index contributed by atoms with van der Waals surface area (Å²) in [6.07, 6.45) is 6.96. The number of hydrogen-bond donors (Lipinski definition) is 0. The number of benzene rings is 6. The van der Waals surface area contributed by atoms with Crippen LogP contribution in [-0.4, -0.2) is 0 Å². The van der Waals surface area contributed by atoms with E-state index in [1.165, 1.54) is 65.0 Å². The molecule has 28 heavy (non-hydrogen) atoms. The standard InChI is InChI=1S/C28H18/c1-3-11-20-18(7-1)15-25-22-13-5-9-17-10-6-14-23(26(17)22)27-21-12-4-2-8-19(21)16-24(20)28(25)27/h1,3-7,9-16H,2,8H2. The van der Waals surface area contributed by atoms with Crippen LogP contribution in [0.25, 0.3) is 59.9 Å². The molecule has 7 rings (SSSR count). The molecule has 6 aromatic carbocycles. The number of hydrogen-bond acceptors (Lipinski definition) is 0. The summed E-state index contributed by atoms with van der Waals surface area (Å²) in [6.45, 7) is 0. The molecule has 0 spiro atoms. The maximum atomic E-state index is 2.47. The van der Waals surface area contributed by atoms with Crippen molar-refractivity contribution in [2.75, 3.05) is 0 Å². The molecule has 0 bridgehead atoms. The highest BCUT2D eigenvalue weighted by molar-refractivity contribution is 6.37. The van der Waals surface area contributed by atoms with Crippen LogP contribution in [0.5, 0.6) is 0 Å². The van der Waals surface area contributed by atoms with Gasteiger partial charge >= 0.3 is 0 Å². The van der Waals surface area contributed by atoms with Gasteiger partial charge in [-0.25, -0.2) is 0 Å². The van der Waals surface area contributed by atoms with E-state index in [4.69, 9.17) is 0 Å². The zero-order chi connectivity index (χ0) is 18.2. The Morgan fingerprint density at radius 1 is 0.536 bits per heavy atom. The van der Waals surface area contributed by atoms with E-state index in [-0.39, 0.29) is 0 Å². The number of allylic oxidation sites excluding steroid dienone is 1. The molecular weight excluding hydrogens is 336 g/mol. The minimum absolute atomic E-state index is 1.13. The van der Waals surface area contributed by atoms with Crippen molar-refractivity contribution in [3.05, 3.63) is 90.0 Å². The Bertz CT molecular complexity index is 1590. The lowest BCUT2D eigenvalue weighted by molar-refractivity contribution is 0.992. The number of fused-ring (bicyclic) bond motifs is 6. The van der Waals surface area contributed by atoms with Crippen LogP contribution < -0.4 is 0 Å². The molecule has 0 N–H and O–H groups in total. The van der Waals surface area contributed by atoms with Gasteiger partial charge in [0.1, 0.15) is 0 Å². The van der Waals surface area contributed by atoms with Crippen molar-refractivity contribution in [2.45, 2.75) is 12.8 Å². The predicted molar refractivity (Wildman–Crippen MR) is 123 cm³/mol. The molecule has 130 valence electrons. The van der Waals surface area contributed by atoms with E-state index < -0.39 is 0 Å². The fraction of sp³-hybridized carbons (Fsp3) is 0.0714. The summed E-state index contributed by atoms with van der Waals surface area (Å²) in [6, 6.07) is 27.3. The molecule has 0 aliphatic heterocycles. The fourth-order valence-corrected chi connectivity index (χ4v) is 5.45. The molecule has 0 aromatic heterocycles. The smallest absolute Gasteiger partial charge is 0.00137 e. The van der Waals surface area contributed by atoms with Gasteiger partial charge in [-0.05, 0) is 90.0 Å². The zero-order valence-corrected chi connectivity index (χ0v) is 15.5. The topological polar surface area (TPSA) is 0 Å². The summed E-state index contributed by atoms with van der Waals surface area (Å²) in [5.41, 5.74) is 2.92. The van der Waals surface area contributed by atoms with Gasteiger partial charge in [-0.2, -0.15) is 0 Å². The van der Waals surface area contributed by atoms with E-state index >= 15 is 0 Å². The molecule has 1 aliphatic rings. The molecule has 0 saturated heterocycles. The lowest BCUT2D eigenvalue weighted by Gasteiger charge is -2.21. The molecular formula is C28H18. The number of rotatable bonds is 0. The van der Waals surface area contributed by atoms with Gasteiger partial charge in [0.05, 0.1) is 0 Å². The quantitative estimate of drug-likeness (QED) is 0.192. The van der Waals surface area contributed by atoms with Gasteiger partial charge in [0.15, 0.2) is 0 Å². The van der Waals surface area contributed by atoms with E-state index in [9.17, 15) is 0 Å². The summed E-state index contributed by atoms with van der Waals surface area (Å²) in [7, 11) is 0. The Morgan fingerprint density at radius 2 is 1.29 bits per heavy atom. The van der Waals surface area contributed by atoms with Crippen LogP contribution in [0.3, 0.4) is 0 Å². The normalized spacial score (nSPS) is 14.0. The second-order valence-corrected chi connectivity index (χ2v) is 8.04. The highest BCUT2D eigenvalue weighted by Crippen LogP contribution is 2.45. The summed E-state index contributed by atoms with van der Waals surface area (Å²) in [5.74, 6) is 0. The van der Waals surface area contributed by atoms with E-state index in [0.29, 0.717) is 0 Å². The second-order valence-electron chi connectivity index (χ2n) is 8.04. The Balaban J connectivity index is 1.94. The van der Waals surface area contributed by atoms with Crippen molar-refractivity contribution in [3.8, 4) is 0 Å². The molecule has 0 unspecified atom stereocenters. The predicted octanol–water partition coefficient (Wildman–Crippen LogP) is 7.85. The van der Waals surface area contributed by atoms with Crippen LogP contribution in [0.15, 0.2) is 78.9 Å². The van der Waals surface area contributed by atoms with Gasteiger partial charge in [-0.3, -0.25) is 0 Å². The highest BCUT2D eigenvalue weighted by atomic mass is 14.2. The third-order valence-corrected chi connectivity index (χ3v) is 6.60. The van der Waals surface area contributed by atoms with E-state index in [2.05, 4.69) is 84.9 Å². The molecule has 1 aliphatic carbocycles. The largest absolute Gasteiger partial charge is 0.0836 e. The third kappa shape index (κ3) is 1.71. The van der Waals surface area contributed by atoms with Crippen molar-refractivity contribution in [1.82, 2.24) is 0 Å². The summed E-state index contributed by atoms with van der Waals surface area (Å²) >= 11 is 0. The first kappa shape index (κ1) is 14.6. The third-order valence-electron chi connectivity index (χ3n) is 6.60. The molecule has 0 atom stereocenters. The summed E-state index contributed by atoms with van der Waals surface area (Å²) in [4.78, 5) is 0. The van der Waals surface area contributed by atoms with Crippen molar-refractivity contribution in [3.63, 3.8) is 0 Å². The summed E-state index contributed by atoms with van der Waals surface area (Å²) < 4.78 is 0. The molecule has 0 radical (unpaired) electrons. The van der Waals surface area contributed by atoms with Gasteiger partial charge in [0.25, 0.3) is 0 Å². The molecule has 0 heteroatoms. The Kier molecular flexibility index (Phi) is 2.67. The van der Waals surface area contributed by atoms with Gasteiger partial charge < -0.3 is 0 Å². The molecule has 0 heterocycles. The first-order chi connectivity index (χ1) is 13.9. The van der Waals surface area contributed by atoms with Crippen LogP contribution in [0.1, 0.15) is 17.5 Å². The fourth-order valence-electron chi connectivity index (χ4n) is 5.45. The average Bonchev–Trinajstić information content (AvgIpc) is 2.76. The molecule has 0 fully saturated rings. The lowest BCUT2D eigenvalue weighted by atomic mass is 9.82. The van der Waals surface area contributed by atoms with Crippen molar-refractivity contribution in [1.29, 1.82) is 0 Å². The maximum Gasteiger partial charge on any atom is -0.00137 e. The first-order valence-electron chi connectivity index (χ1n) is 10.1.